The van der Waals surface area contributed by atoms with Gasteiger partial charge in [-0.15, -0.1) is 0 Å². The summed E-state index contributed by atoms with van der Waals surface area (Å²) in [6, 6.07) is 19.0. The summed E-state index contributed by atoms with van der Waals surface area (Å²) in [7, 11) is 0.929. The maximum Gasteiger partial charge on any atom is 0.259 e. The smallest absolute Gasteiger partial charge is 0.259 e. The third-order valence-electron chi connectivity index (χ3n) is 5.90. The van der Waals surface area contributed by atoms with Gasteiger partial charge in [0, 0.05) is 28.4 Å². The van der Waals surface area contributed by atoms with Crippen molar-refractivity contribution in [1.82, 2.24) is 0 Å². The quantitative estimate of drug-likeness (QED) is 0.579. The Hall–Kier alpha value is -2.54. The summed E-state index contributed by atoms with van der Waals surface area (Å²) in [6.07, 6.45) is 3.32. The molecule has 2 aromatic carbocycles. The molecule has 0 N–H and O–H groups in total. The van der Waals surface area contributed by atoms with Gasteiger partial charge in [-0.3, -0.25) is 0 Å². The largest absolute Gasteiger partial charge is 0.348 e. The second-order valence-corrected chi connectivity index (χ2v) is 9.13. The van der Waals surface area contributed by atoms with Gasteiger partial charge in [-0.05, 0) is 17.7 Å². The molecule has 8 heteroatoms. The predicted molar refractivity (Wildman–Crippen MR) is 114 cm³/mol. The summed E-state index contributed by atoms with van der Waals surface area (Å²) in [5, 5.41) is 10.4. The number of nitrogens with zero attached hydrogens (tertiary/aromatic N) is 1. The molecule has 0 heterocycles. The lowest BCUT2D eigenvalue weighted by molar-refractivity contribution is -0.463. The van der Waals surface area contributed by atoms with Crippen LogP contribution in [0.15, 0.2) is 71.6 Å². The number of nitriles is 1. The van der Waals surface area contributed by atoms with E-state index < -0.39 is 32.1 Å². The lowest BCUT2D eigenvalue weighted by Gasteiger charge is -2.65. The number of rotatable bonds is 8. The lowest BCUT2D eigenvalue weighted by atomic mass is 9.61. The van der Waals surface area contributed by atoms with Crippen molar-refractivity contribution in [3.8, 4) is 6.07 Å². The zero-order valence-electron chi connectivity index (χ0n) is 17.8. The molecule has 1 aliphatic rings. The van der Waals surface area contributed by atoms with Gasteiger partial charge >= 0.3 is 0 Å². The van der Waals surface area contributed by atoms with Crippen LogP contribution in [0.5, 0.6) is 0 Å². The molecule has 0 aliphatic heterocycles. The molecule has 0 aromatic heterocycles. The van der Waals surface area contributed by atoms with Crippen molar-refractivity contribution < 1.29 is 27.4 Å². The van der Waals surface area contributed by atoms with Crippen LogP contribution < -0.4 is 0 Å². The van der Waals surface area contributed by atoms with Crippen molar-refractivity contribution in [3.05, 3.63) is 72.3 Å². The molecule has 1 saturated carbocycles. The standard InChI is InChI=1S/C23H25NO6S/c1-27-22(28-2)20(16-15-18-11-7-5-8-12-18)21(17-24,23(22,29-3)30-4)31(25,26)19-13-9-6-10-14-19/h5-16,20H,1-4H3/b16-15+. The van der Waals surface area contributed by atoms with E-state index in [-0.39, 0.29) is 4.90 Å². The van der Waals surface area contributed by atoms with Gasteiger partial charge in [0.25, 0.3) is 5.79 Å². The van der Waals surface area contributed by atoms with Gasteiger partial charge in [-0.2, -0.15) is 5.26 Å². The Balaban J connectivity index is 2.31. The molecule has 2 unspecified atom stereocenters. The van der Waals surface area contributed by atoms with Crippen LogP contribution in [0.1, 0.15) is 5.56 Å². The molecule has 0 radical (unpaired) electrons. The number of hydrogen-bond acceptors (Lipinski definition) is 7. The average Bonchev–Trinajstić information content (AvgIpc) is 2.81. The molecule has 0 bridgehead atoms. The molecule has 2 aromatic rings. The molecule has 1 fully saturated rings. The summed E-state index contributed by atoms with van der Waals surface area (Å²) in [4.78, 5) is -0.0334. The van der Waals surface area contributed by atoms with E-state index in [1.54, 1.807) is 30.4 Å². The third-order valence-corrected chi connectivity index (χ3v) is 8.26. The van der Waals surface area contributed by atoms with Crippen molar-refractivity contribution in [3.63, 3.8) is 0 Å². The van der Waals surface area contributed by atoms with Crippen LogP contribution in [-0.4, -0.2) is 53.2 Å². The molecule has 3 rings (SSSR count). The van der Waals surface area contributed by atoms with E-state index in [0.717, 1.165) is 5.56 Å². The Morgan fingerprint density at radius 1 is 0.871 bits per heavy atom. The van der Waals surface area contributed by atoms with Gasteiger partial charge in [0.1, 0.15) is 0 Å². The molecule has 1 aliphatic carbocycles. The van der Waals surface area contributed by atoms with E-state index in [1.165, 1.54) is 40.6 Å². The summed E-state index contributed by atoms with van der Waals surface area (Å²) < 4.78 is 48.2. The number of hydrogen-bond donors (Lipinski definition) is 0. The van der Waals surface area contributed by atoms with Crippen LogP contribution in [0.4, 0.5) is 0 Å². The highest BCUT2D eigenvalue weighted by atomic mass is 32.2. The van der Waals surface area contributed by atoms with Crippen LogP contribution >= 0.6 is 0 Å². The van der Waals surface area contributed by atoms with E-state index in [0.29, 0.717) is 0 Å². The van der Waals surface area contributed by atoms with Crippen LogP contribution in [0.3, 0.4) is 0 Å². The van der Waals surface area contributed by atoms with Gasteiger partial charge in [-0.1, -0.05) is 60.7 Å². The predicted octanol–water partition coefficient (Wildman–Crippen LogP) is 3.04. The van der Waals surface area contributed by atoms with Crippen molar-refractivity contribution in [2.45, 2.75) is 21.2 Å². The number of methoxy groups -OCH3 is 4. The SMILES string of the molecule is COC1(OC)C(/C=C/c2ccccc2)C(C#N)(S(=O)(=O)c2ccccc2)C1(OC)OC. The second kappa shape index (κ2) is 8.54. The third kappa shape index (κ3) is 2.89. The first kappa shape index (κ1) is 23.1. The highest BCUT2D eigenvalue weighted by Crippen LogP contribution is 2.64. The van der Waals surface area contributed by atoms with Crippen molar-refractivity contribution in [2.75, 3.05) is 28.4 Å². The molecular formula is C23H25NO6S. The van der Waals surface area contributed by atoms with Crippen LogP contribution in [0.25, 0.3) is 6.08 Å². The Kier molecular flexibility index (Phi) is 6.37. The first-order valence-corrected chi connectivity index (χ1v) is 11.0. The highest BCUT2D eigenvalue weighted by Gasteiger charge is 2.89. The zero-order valence-corrected chi connectivity index (χ0v) is 18.6. The zero-order chi connectivity index (χ0) is 22.8. The maximum absolute atomic E-state index is 13.9. The normalized spacial score (nSPS) is 24.4. The van der Waals surface area contributed by atoms with E-state index in [1.807, 2.05) is 36.4 Å². The van der Waals surface area contributed by atoms with Crippen LogP contribution in [0, 0.1) is 17.2 Å². The van der Waals surface area contributed by atoms with Crippen LogP contribution in [0.2, 0.25) is 0 Å². The summed E-state index contributed by atoms with van der Waals surface area (Å²) >= 11 is 0. The van der Waals surface area contributed by atoms with Gasteiger partial charge in [-0.25, -0.2) is 8.42 Å². The van der Waals surface area contributed by atoms with Crippen LogP contribution in [-0.2, 0) is 28.8 Å². The molecule has 0 amide bonds. The molecule has 31 heavy (non-hydrogen) atoms. The van der Waals surface area contributed by atoms with Gasteiger partial charge in [0.15, 0.2) is 0 Å². The minimum Gasteiger partial charge on any atom is -0.348 e. The highest BCUT2D eigenvalue weighted by molar-refractivity contribution is 7.93. The van der Waals surface area contributed by atoms with Crippen molar-refractivity contribution in [2.24, 2.45) is 5.92 Å². The molecule has 2 atom stereocenters. The first-order valence-electron chi connectivity index (χ1n) is 9.52. The van der Waals surface area contributed by atoms with E-state index in [9.17, 15) is 13.7 Å². The molecular weight excluding hydrogens is 418 g/mol. The van der Waals surface area contributed by atoms with E-state index in [4.69, 9.17) is 18.9 Å². The fourth-order valence-corrected chi connectivity index (χ4v) is 6.74. The summed E-state index contributed by atoms with van der Waals surface area (Å²) in [5.74, 6) is -4.83. The van der Waals surface area contributed by atoms with Gasteiger partial charge in [0.05, 0.1) is 16.9 Å². The monoisotopic (exact) mass is 443 g/mol. The maximum atomic E-state index is 13.9. The fourth-order valence-electron chi connectivity index (χ4n) is 4.50. The minimum atomic E-state index is -4.31. The number of benzene rings is 2. The number of ether oxygens (including phenoxy) is 4. The Labute approximate surface area is 182 Å². The average molecular weight is 444 g/mol. The Bertz CT molecular complexity index is 1070. The number of sulfone groups is 1. The van der Waals surface area contributed by atoms with Crippen molar-refractivity contribution in [1.29, 1.82) is 5.26 Å². The van der Waals surface area contributed by atoms with Gasteiger partial charge < -0.3 is 18.9 Å². The Morgan fingerprint density at radius 2 is 1.39 bits per heavy atom. The lowest BCUT2D eigenvalue weighted by Crippen LogP contribution is -2.89. The van der Waals surface area contributed by atoms with Gasteiger partial charge in [0.2, 0.25) is 20.4 Å². The summed E-state index contributed by atoms with van der Waals surface area (Å²) in [5.41, 5.74) is 0.819. The topological polar surface area (TPSA) is 94.9 Å². The summed E-state index contributed by atoms with van der Waals surface area (Å²) in [6.45, 7) is 0. The molecule has 0 saturated heterocycles. The van der Waals surface area contributed by atoms with Crippen molar-refractivity contribution >= 4 is 15.9 Å². The fraction of sp³-hybridized carbons (Fsp3) is 0.348. The molecule has 7 nitrogen and oxygen atoms in total. The van der Waals surface area contributed by atoms with E-state index in [2.05, 4.69) is 0 Å². The Morgan fingerprint density at radius 3 is 1.84 bits per heavy atom. The first-order chi connectivity index (χ1) is 14.9. The van der Waals surface area contributed by atoms with E-state index >= 15 is 0 Å². The molecule has 0 spiro atoms. The second-order valence-electron chi connectivity index (χ2n) is 7.01. The minimum absolute atomic E-state index is 0.0334. The molecule has 164 valence electrons.